The molecule has 1 aromatic carbocycles. The van der Waals surface area contributed by atoms with Crippen LogP contribution in [0.2, 0.25) is 0 Å². The van der Waals surface area contributed by atoms with E-state index in [0.717, 1.165) is 4.90 Å². The summed E-state index contributed by atoms with van der Waals surface area (Å²) in [5.74, 6) is -3.69. The Hall–Kier alpha value is -1.63. The SMILES string of the molecule is COC(=O)CN(C)C(=O)c1ccccc1SC(F)F. The zero-order chi connectivity index (χ0) is 14.4. The van der Waals surface area contributed by atoms with Crippen LogP contribution in [0.15, 0.2) is 29.2 Å². The van der Waals surface area contributed by atoms with Crippen LogP contribution in [-0.4, -0.2) is 43.2 Å². The van der Waals surface area contributed by atoms with Crippen LogP contribution in [0.5, 0.6) is 0 Å². The lowest BCUT2D eigenvalue weighted by Crippen LogP contribution is -2.32. The third-order valence-electron chi connectivity index (χ3n) is 2.27. The molecule has 0 saturated heterocycles. The third-order valence-corrected chi connectivity index (χ3v) is 3.06. The Balaban J connectivity index is 2.89. The summed E-state index contributed by atoms with van der Waals surface area (Å²) >= 11 is 0.298. The maximum atomic E-state index is 12.4. The van der Waals surface area contributed by atoms with Gasteiger partial charge in [-0.05, 0) is 12.1 Å². The van der Waals surface area contributed by atoms with Gasteiger partial charge >= 0.3 is 5.97 Å². The van der Waals surface area contributed by atoms with E-state index in [9.17, 15) is 18.4 Å². The van der Waals surface area contributed by atoms with Crippen LogP contribution in [-0.2, 0) is 9.53 Å². The highest BCUT2D eigenvalue weighted by molar-refractivity contribution is 7.99. The summed E-state index contributed by atoms with van der Waals surface area (Å²) in [5.41, 5.74) is 0.138. The predicted molar refractivity (Wildman–Crippen MR) is 67.3 cm³/mol. The Morgan fingerprint density at radius 3 is 2.58 bits per heavy atom. The van der Waals surface area contributed by atoms with E-state index in [0.29, 0.717) is 11.8 Å². The minimum absolute atomic E-state index is 0.138. The molecule has 0 bridgehead atoms. The van der Waals surface area contributed by atoms with Gasteiger partial charge in [0.25, 0.3) is 11.7 Å². The highest BCUT2D eigenvalue weighted by atomic mass is 32.2. The maximum absolute atomic E-state index is 12.4. The normalized spacial score (nSPS) is 10.4. The molecule has 0 aromatic heterocycles. The van der Waals surface area contributed by atoms with Crippen LogP contribution in [0.3, 0.4) is 0 Å². The van der Waals surface area contributed by atoms with Crippen LogP contribution >= 0.6 is 11.8 Å². The van der Waals surface area contributed by atoms with E-state index < -0.39 is 17.6 Å². The van der Waals surface area contributed by atoms with Gasteiger partial charge in [-0.2, -0.15) is 8.78 Å². The second-order valence-electron chi connectivity index (χ2n) is 3.61. The van der Waals surface area contributed by atoms with Gasteiger partial charge in [0, 0.05) is 11.9 Å². The summed E-state index contributed by atoms with van der Waals surface area (Å²) < 4.78 is 29.2. The molecule has 0 spiro atoms. The number of hydrogen-bond donors (Lipinski definition) is 0. The second-order valence-corrected chi connectivity index (χ2v) is 4.64. The summed E-state index contributed by atoms with van der Waals surface area (Å²) in [6.07, 6.45) is 0. The molecular formula is C12H13F2NO3S. The minimum Gasteiger partial charge on any atom is -0.468 e. The number of benzene rings is 1. The van der Waals surface area contributed by atoms with Gasteiger partial charge in [-0.1, -0.05) is 23.9 Å². The van der Waals surface area contributed by atoms with Gasteiger partial charge in [0.15, 0.2) is 0 Å². The summed E-state index contributed by atoms with van der Waals surface area (Å²) in [7, 11) is 2.62. The molecular weight excluding hydrogens is 276 g/mol. The minimum atomic E-state index is -2.61. The zero-order valence-electron chi connectivity index (χ0n) is 10.4. The average Bonchev–Trinajstić information content (AvgIpc) is 2.37. The molecule has 19 heavy (non-hydrogen) atoms. The fourth-order valence-corrected chi connectivity index (χ4v) is 2.01. The first-order chi connectivity index (χ1) is 8.95. The van der Waals surface area contributed by atoms with E-state index in [1.807, 2.05) is 0 Å². The number of carbonyl (C=O) groups is 2. The molecule has 0 saturated carbocycles. The lowest BCUT2D eigenvalue weighted by Gasteiger charge is -2.17. The van der Waals surface area contributed by atoms with Crippen LogP contribution in [0.1, 0.15) is 10.4 Å². The van der Waals surface area contributed by atoms with Crippen molar-refractivity contribution in [1.29, 1.82) is 0 Å². The van der Waals surface area contributed by atoms with Crippen LogP contribution in [0.25, 0.3) is 0 Å². The van der Waals surface area contributed by atoms with Gasteiger partial charge in [-0.25, -0.2) is 0 Å². The number of ether oxygens (including phenoxy) is 1. The number of hydrogen-bond acceptors (Lipinski definition) is 4. The number of esters is 1. The molecule has 4 nitrogen and oxygen atoms in total. The van der Waals surface area contributed by atoms with Crippen molar-refractivity contribution in [1.82, 2.24) is 4.90 Å². The summed E-state index contributed by atoms with van der Waals surface area (Å²) in [6.45, 7) is -0.233. The first-order valence-electron chi connectivity index (χ1n) is 5.31. The van der Waals surface area contributed by atoms with Crippen LogP contribution in [0, 0.1) is 0 Å². The van der Waals surface area contributed by atoms with Gasteiger partial charge in [-0.3, -0.25) is 9.59 Å². The number of methoxy groups -OCH3 is 1. The predicted octanol–water partition coefficient (Wildman–Crippen LogP) is 2.25. The summed E-state index contributed by atoms with van der Waals surface area (Å²) in [5, 5.41) is 0. The van der Waals surface area contributed by atoms with Gasteiger partial charge < -0.3 is 9.64 Å². The van der Waals surface area contributed by atoms with Gasteiger partial charge in [0.2, 0.25) is 0 Å². The fraction of sp³-hybridized carbons (Fsp3) is 0.333. The molecule has 1 aromatic rings. The molecule has 104 valence electrons. The smallest absolute Gasteiger partial charge is 0.325 e. The van der Waals surface area contributed by atoms with Crippen molar-refractivity contribution in [3.8, 4) is 0 Å². The Bertz CT molecular complexity index is 468. The third kappa shape index (κ3) is 4.51. The highest BCUT2D eigenvalue weighted by Gasteiger charge is 2.19. The quantitative estimate of drug-likeness (QED) is 0.616. The topological polar surface area (TPSA) is 46.6 Å². The molecule has 0 radical (unpaired) electrons. The fourth-order valence-electron chi connectivity index (χ4n) is 1.38. The Kier molecular flexibility index (Phi) is 5.75. The van der Waals surface area contributed by atoms with E-state index >= 15 is 0 Å². The second kappa shape index (κ2) is 7.08. The summed E-state index contributed by atoms with van der Waals surface area (Å²) in [4.78, 5) is 24.4. The van der Waals surface area contributed by atoms with E-state index in [1.54, 1.807) is 12.1 Å². The van der Waals surface area contributed by atoms with Crippen LogP contribution < -0.4 is 0 Å². The van der Waals surface area contributed by atoms with Crippen molar-refractivity contribution in [2.24, 2.45) is 0 Å². The number of halogens is 2. The molecule has 1 rings (SSSR count). The molecule has 7 heteroatoms. The van der Waals surface area contributed by atoms with Gasteiger partial charge in [0.05, 0.1) is 12.7 Å². The lowest BCUT2D eigenvalue weighted by atomic mass is 10.2. The van der Waals surface area contributed by atoms with Gasteiger partial charge in [0.1, 0.15) is 6.54 Å². The van der Waals surface area contributed by atoms with Gasteiger partial charge in [-0.15, -0.1) is 0 Å². The molecule has 0 atom stereocenters. The van der Waals surface area contributed by atoms with Crippen molar-refractivity contribution in [3.63, 3.8) is 0 Å². The van der Waals surface area contributed by atoms with Crippen LogP contribution in [0.4, 0.5) is 8.78 Å². The van der Waals surface area contributed by atoms with Crippen molar-refractivity contribution >= 4 is 23.6 Å². The molecule has 0 fully saturated rings. The van der Waals surface area contributed by atoms with E-state index in [1.165, 1.54) is 26.3 Å². The molecule has 0 N–H and O–H groups in total. The molecule has 0 aliphatic heterocycles. The maximum Gasteiger partial charge on any atom is 0.325 e. The van der Waals surface area contributed by atoms with Crippen molar-refractivity contribution < 1.29 is 23.1 Å². The largest absolute Gasteiger partial charge is 0.468 e. The standard InChI is InChI=1S/C12H13F2NO3S/c1-15(7-10(16)18-2)11(17)8-5-3-4-6-9(8)19-12(13)14/h3-6,12H,7H2,1-2H3. The number of alkyl halides is 2. The Morgan fingerprint density at radius 2 is 2.00 bits per heavy atom. The first-order valence-corrected chi connectivity index (χ1v) is 6.19. The zero-order valence-corrected chi connectivity index (χ0v) is 11.2. The van der Waals surface area contributed by atoms with E-state index in [2.05, 4.69) is 4.74 Å². The molecule has 0 aliphatic rings. The van der Waals surface area contributed by atoms with E-state index in [-0.39, 0.29) is 17.0 Å². The lowest BCUT2D eigenvalue weighted by molar-refractivity contribution is -0.141. The number of carbonyl (C=O) groups excluding carboxylic acids is 2. The number of amides is 1. The Morgan fingerprint density at radius 1 is 1.37 bits per heavy atom. The van der Waals surface area contributed by atoms with Crippen molar-refractivity contribution in [3.05, 3.63) is 29.8 Å². The molecule has 0 unspecified atom stereocenters. The first kappa shape index (κ1) is 15.4. The number of rotatable bonds is 5. The van der Waals surface area contributed by atoms with Crippen molar-refractivity contribution in [2.75, 3.05) is 20.7 Å². The Labute approximate surface area is 113 Å². The highest BCUT2D eigenvalue weighted by Crippen LogP contribution is 2.28. The number of nitrogens with zero attached hydrogens (tertiary/aromatic N) is 1. The number of likely N-dealkylation sites (N-methyl/N-ethyl adjacent to an activating group) is 1. The summed E-state index contributed by atoms with van der Waals surface area (Å²) in [6, 6.07) is 6.04. The molecule has 1 amide bonds. The average molecular weight is 289 g/mol. The van der Waals surface area contributed by atoms with E-state index in [4.69, 9.17) is 0 Å². The number of thioether (sulfide) groups is 1. The van der Waals surface area contributed by atoms with Crippen molar-refractivity contribution in [2.45, 2.75) is 10.7 Å². The molecule has 0 heterocycles. The monoisotopic (exact) mass is 289 g/mol. The molecule has 0 aliphatic carbocycles.